The van der Waals surface area contributed by atoms with Crippen LogP contribution in [0, 0.1) is 6.92 Å². The van der Waals surface area contributed by atoms with Crippen LogP contribution in [-0.4, -0.2) is 33.4 Å². The lowest BCUT2D eigenvalue weighted by Crippen LogP contribution is -2.14. The lowest BCUT2D eigenvalue weighted by Gasteiger charge is -2.15. The molecule has 1 aliphatic heterocycles. The van der Waals surface area contributed by atoms with Crippen molar-refractivity contribution in [3.8, 4) is 17.1 Å². The maximum absolute atomic E-state index is 5.21. The van der Waals surface area contributed by atoms with E-state index in [9.17, 15) is 0 Å². The van der Waals surface area contributed by atoms with Crippen molar-refractivity contribution in [2.45, 2.75) is 12.1 Å². The van der Waals surface area contributed by atoms with Gasteiger partial charge in [-0.25, -0.2) is 0 Å². The Labute approximate surface area is 144 Å². The molecule has 0 amide bonds. The molecule has 4 rings (SSSR count). The number of hydrogen-bond acceptors (Lipinski definition) is 5. The first-order valence-electron chi connectivity index (χ1n) is 7.63. The van der Waals surface area contributed by atoms with E-state index >= 15 is 0 Å². The van der Waals surface area contributed by atoms with Gasteiger partial charge in [-0.3, -0.25) is 0 Å². The lowest BCUT2D eigenvalue weighted by atomic mass is 10.1. The van der Waals surface area contributed by atoms with E-state index in [0.717, 1.165) is 33.8 Å². The summed E-state index contributed by atoms with van der Waals surface area (Å²) < 4.78 is 7.04. The number of aromatic nitrogens is 3. The van der Waals surface area contributed by atoms with E-state index in [2.05, 4.69) is 29.3 Å². The minimum absolute atomic E-state index is 0.742. The predicted octanol–water partition coefficient (Wildman–Crippen LogP) is 3.62. The van der Waals surface area contributed by atoms with Crippen molar-refractivity contribution in [3.05, 3.63) is 59.7 Å². The van der Waals surface area contributed by atoms with Crippen molar-refractivity contribution in [3.63, 3.8) is 0 Å². The van der Waals surface area contributed by atoms with Crippen LogP contribution >= 0.6 is 11.8 Å². The van der Waals surface area contributed by atoms with Crippen LogP contribution in [-0.2, 0) is 0 Å². The standard InChI is InChI=1S/C18H16N4OS/c1-12-5-3-4-6-15(12)16-11-24-18-20-19-17(22(18)21-16)13-7-9-14(23-2)10-8-13/h3-10H,11H2,1-2H3. The van der Waals surface area contributed by atoms with Gasteiger partial charge in [-0.1, -0.05) is 36.0 Å². The van der Waals surface area contributed by atoms with E-state index in [4.69, 9.17) is 9.84 Å². The second kappa shape index (κ2) is 6.13. The summed E-state index contributed by atoms with van der Waals surface area (Å²) >= 11 is 1.66. The lowest BCUT2D eigenvalue weighted by molar-refractivity contribution is 0.415. The Kier molecular flexibility index (Phi) is 3.82. The van der Waals surface area contributed by atoms with Crippen molar-refractivity contribution in [2.24, 2.45) is 5.10 Å². The van der Waals surface area contributed by atoms with Crippen molar-refractivity contribution in [1.82, 2.24) is 14.9 Å². The molecule has 0 spiro atoms. The molecule has 120 valence electrons. The molecule has 2 heterocycles. The van der Waals surface area contributed by atoms with E-state index in [0.29, 0.717) is 0 Å². The highest BCUT2D eigenvalue weighted by Gasteiger charge is 2.21. The largest absolute Gasteiger partial charge is 0.497 e. The predicted molar refractivity (Wildman–Crippen MR) is 95.8 cm³/mol. The Morgan fingerprint density at radius 1 is 1.04 bits per heavy atom. The van der Waals surface area contributed by atoms with Gasteiger partial charge in [0.1, 0.15) is 5.75 Å². The average Bonchev–Trinajstić information content (AvgIpc) is 3.05. The summed E-state index contributed by atoms with van der Waals surface area (Å²) in [5, 5.41) is 14.2. The number of fused-ring (bicyclic) bond motifs is 1. The monoisotopic (exact) mass is 336 g/mol. The molecule has 2 aromatic carbocycles. The topological polar surface area (TPSA) is 52.3 Å². The number of thioether (sulfide) groups is 1. The highest BCUT2D eigenvalue weighted by molar-refractivity contribution is 7.99. The van der Waals surface area contributed by atoms with Crippen LogP contribution in [0.2, 0.25) is 0 Å². The van der Waals surface area contributed by atoms with Gasteiger partial charge in [0, 0.05) is 16.9 Å². The Hall–Kier alpha value is -2.60. The number of hydrogen-bond donors (Lipinski definition) is 0. The normalized spacial score (nSPS) is 13.3. The number of methoxy groups -OCH3 is 1. The van der Waals surface area contributed by atoms with Crippen LogP contribution in [0.4, 0.5) is 0 Å². The van der Waals surface area contributed by atoms with Crippen LogP contribution < -0.4 is 4.74 Å². The molecule has 24 heavy (non-hydrogen) atoms. The SMILES string of the molecule is COc1ccc(-c2nnc3n2N=C(c2ccccc2C)CS3)cc1. The molecule has 0 saturated heterocycles. The number of nitrogens with zero attached hydrogens (tertiary/aromatic N) is 4. The fraction of sp³-hybridized carbons (Fsp3) is 0.167. The summed E-state index contributed by atoms with van der Waals surface area (Å²) in [4.78, 5) is 0. The van der Waals surface area contributed by atoms with Crippen LogP contribution in [0.1, 0.15) is 11.1 Å². The first-order valence-corrected chi connectivity index (χ1v) is 8.61. The van der Waals surface area contributed by atoms with Crippen LogP contribution in [0.5, 0.6) is 5.75 Å². The zero-order valence-electron chi connectivity index (χ0n) is 13.4. The third-order valence-corrected chi connectivity index (χ3v) is 4.91. The van der Waals surface area contributed by atoms with Gasteiger partial charge < -0.3 is 4.74 Å². The van der Waals surface area contributed by atoms with E-state index in [1.807, 2.05) is 41.1 Å². The van der Waals surface area contributed by atoms with E-state index < -0.39 is 0 Å². The van der Waals surface area contributed by atoms with Crippen LogP contribution in [0.15, 0.2) is 58.8 Å². The summed E-state index contributed by atoms with van der Waals surface area (Å²) in [5.74, 6) is 2.35. The molecule has 3 aromatic rings. The Bertz CT molecular complexity index is 915. The molecule has 0 N–H and O–H groups in total. The first kappa shape index (κ1) is 15.0. The van der Waals surface area contributed by atoms with Crippen molar-refractivity contribution < 1.29 is 4.74 Å². The second-order valence-corrected chi connectivity index (χ2v) is 6.44. The van der Waals surface area contributed by atoms with E-state index in [1.54, 1.807) is 18.9 Å². The molecule has 6 heteroatoms. The summed E-state index contributed by atoms with van der Waals surface area (Å²) in [7, 11) is 1.66. The fourth-order valence-corrected chi connectivity index (χ4v) is 3.50. The zero-order valence-corrected chi connectivity index (χ0v) is 14.2. The van der Waals surface area contributed by atoms with Gasteiger partial charge >= 0.3 is 0 Å². The van der Waals surface area contributed by atoms with E-state index in [1.165, 1.54) is 11.1 Å². The van der Waals surface area contributed by atoms with Crippen LogP contribution in [0.3, 0.4) is 0 Å². The third kappa shape index (κ3) is 2.59. The highest BCUT2D eigenvalue weighted by atomic mass is 32.2. The molecule has 0 atom stereocenters. The van der Waals surface area contributed by atoms with Crippen molar-refractivity contribution in [2.75, 3.05) is 12.9 Å². The van der Waals surface area contributed by atoms with Crippen LogP contribution in [0.25, 0.3) is 11.4 Å². The quantitative estimate of drug-likeness (QED) is 0.733. The molecular weight excluding hydrogens is 320 g/mol. The van der Waals surface area contributed by atoms with Gasteiger partial charge in [0.15, 0.2) is 5.82 Å². The molecular formula is C18H16N4OS. The molecule has 0 radical (unpaired) electrons. The molecule has 0 bridgehead atoms. The smallest absolute Gasteiger partial charge is 0.212 e. The van der Waals surface area contributed by atoms with Gasteiger partial charge in [-0.15, -0.1) is 10.2 Å². The maximum Gasteiger partial charge on any atom is 0.212 e. The Morgan fingerprint density at radius 3 is 2.58 bits per heavy atom. The maximum atomic E-state index is 5.21. The molecule has 0 aliphatic carbocycles. The minimum atomic E-state index is 0.742. The number of aryl methyl sites for hydroxylation is 1. The summed E-state index contributed by atoms with van der Waals surface area (Å²) in [6.07, 6.45) is 0. The molecule has 1 aliphatic rings. The average molecular weight is 336 g/mol. The highest BCUT2D eigenvalue weighted by Crippen LogP contribution is 2.29. The number of ether oxygens (including phenoxy) is 1. The van der Waals surface area contributed by atoms with Gasteiger partial charge in [0.05, 0.1) is 12.8 Å². The summed E-state index contributed by atoms with van der Waals surface area (Å²) in [6.45, 7) is 2.11. The molecule has 0 fully saturated rings. The van der Waals surface area contributed by atoms with Gasteiger partial charge in [0.2, 0.25) is 5.16 Å². The third-order valence-electron chi connectivity index (χ3n) is 3.97. The number of rotatable bonds is 3. The molecule has 0 saturated carbocycles. The van der Waals surface area contributed by atoms with Gasteiger partial charge in [-0.2, -0.15) is 9.78 Å². The summed E-state index contributed by atoms with van der Waals surface area (Å²) in [6, 6.07) is 16.1. The van der Waals surface area contributed by atoms with E-state index in [-0.39, 0.29) is 0 Å². The Morgan fingerprint density at radius 2 is 1.83 bits per heavy atom. The number of benzene rings is 2. The minimum Gasteiger partial charge on any atom is -0.497 e. The van der Waals surface area contributed by atoms with Gasteiger partial charge in [0.25, 0.3) is 0 Å². The molecule has 0 unspecified atom stereocenters. The zero-order chi connectivity index (χ0) is 16.5. The van der Waals surface area contributed by atoms with Crippen molar-refractivity contribution in [1.29, 1.82) is 0 Å². The van der Waals surface area contributed by atoms with Gasteiger partial charge in [-0.05, 0) is 36.8 Å². The first-order chi connectivity index (χ1) is 11.8. The van der Waals surface area contributed by atoms with Crippen molar-refractivity contribution >= 4 is 17.5 Å². The Balaban J connectivity index is 1.78. The molecule has 1 aromatic heterocycles. The second-order valence-electron chi connectivity index (χ2n) is 5.50. The summed E-state index contributed by atoms with van der Waals surface area (Å²) in [5.41, 5.74) is 4.40. The fourth-order valence-electron chi connectivity index (χ4n) is 2.68. The molecule has 5 nitrogen and oxygen atoms in total.